The molecular weight excluding hydrogens is 643 g/mol. The van der Waals surface area contributed by atoms with E-state index >= 15 is 0 Å². The highest BCUT2D eigenvalue weighted by atomic mass is 32.2. The topological polar surface area (TPSA) is 128 Å². The van der Waals surface area contributed by atoms with Crippen molar-refractivity contribution in [2.75, 3.05) is 12.3 Å². The van der Waals surface area contributed by atoms with Gasteiger partial charge in [0, 0.05) is 30.8 Å². The molecule has 3 rings (SSSR count). The monoisotopic (exact) mass is 689 g/mol. The van der Waals surface area contributed by atoms with Gasteiger partial charge in [-0.1, -0.05) is 63.9 Å². The number of nitrogens with two attached hydrogens (primary N) is 1. The number of amides is 1. The number of hydrogen-bond acceptors (Lipinski definition) is 7. The summed E-state index contributed by atoms with van der Waals surface area (Å²) in [6.45, 7) is 6.14. The largest absolute Gasteiger partial charge is 0.458 e. The Morgan fingerprint density at radius 2 is 1.48 bits per heavy atom. The van der Waals surface area contributed by atoms with Crippen LogP contribution in [-0.4, -0.2) is 56.0 Å². The predicted octanol–water partition coefficient (Wildman–Crippen LogP) is 5.42. The summed E-state index contributed by atoms with van der Waals surface area (Å²) in [6, 6.07) is 13.0. The number of benzene rings is 3. The molecule has 3 aromatic rings. The number of carbonyl (C=O) groups excluding carboxylic acids is 2. The van der Waals surface area contributed by atoms with Crippen LogP contribution in [0.5, 0.6) is 0 Å². The molecule has 0 saturated carbocycles. The highest BCUT2D eigenvalue weighted by Crippen LogP contribution is 2.19. The minimum atomic E-state index is -3.92. The molecule has 0 saturated heterocycles. The highest BCUT2D eigenvalue weighted by molar-refractivity contribution is 7.92. The molecule has 0 heterocycles. The third-order valence-corrected chi connectivity index (χ3v) is 10.3. The molecule has 48 heavy (non-hydrogen) atoms. The fourth-order valence-electron chi connectivity index (χ4n) is 5.52. The van der Waals surface area contributed by atoms with Crippen molar-refractivity contribution >= 4 is 21.7 Å². The smallest absolute Gasteiger partial charge is 0.330 e. The number of sulfone groups is 1. The zero-order chi connectivity index (χ0) is 35.3. The molecule has 1 amide bonds. The molecular formula is C36H46F3N3O5S. The van der Waals surface area contributed by atoms with E-state index in [1.807, 2.05) is 45.0 Å². The van der Waals surface area contributed by atoms with Crippen LogP contribution in [0.25, 0.3) is 0 Å². The van der Waals surface area contributed by atoms with Gasteiger partial charge in [0.25, 0.3) is 5.91 Å². The molecule has 0 aliphatic rings. The second-order valence-electron chi connectivity index (χ2n) is 12.0. The number of rotatable bonds is 19. The summed E-state index contributed by atoms with van der Waals surface area (Å²) >= 11 is 0. The summed E-state index contributed by atoms with van der Waals surface area (Å²) in [5, 5.41) is 4.91. The second-order valence-corrected chi connectivity index (χ2v) is 14.3. The number of hydrogen-bond donors (Lipinski definition) is 3. The lowest BCUT2D eigenvalue weighted by Gasteiger charge is -2.28. The third kappa shape index (κ3) is 12.1. The molecule has 3 aromatic carbocycles. The summed E-state index contributed by atoms with van der Waals surface area (Å²) < 4.78 is 74.8. The minimum Gasteiger partial charge on any atom is -0.458 e. The van der Waals surface area contributed by atoms with Gasteiger partial charge in [0.2, 0.25) is 0 Å². The van der Waals surface area contributed by atoms with E-state index in [-0.39, 0.29) is 24.1 Å². The Labute approximate surface area is 281 Å². The quantitative estimate of drug-likeness (QED) is 0.144. The van der Waals surface area contributed by atoms with Crippen molar-refractivity contribution in [3.05, 3.63) is 106 Å². The molecule has 0 radical (unpaired) electrons. The number of ether oxygens (including phenoxy) is 1. The van der Waals surface area contributed by atoms with Crippen LogP contribution in [0.4, 0.5) is 13.2 Å². The van der Waals surface area contributed by atoms with Gasteiger partial charge >= 0.3 is 5.97 Å². The normalized spacial score (nSPS) is 13.6. The van der Waals surface area contributed by atoms with E-state index in [9.17, 15) is 31.2 Å². The van der Waals surface area contributed by atoms with Gasteiger partial charge in [0.15, 0.2) is 9.84 Å². The SMILES string of the molecule is CCCC(CCC)S(=O)(=O)C[C@@H](NC(=O)c1cccc(F)c1)C(=O)O[C@H](CNCc1cccc(CC)c1)[C@@H](N)Cc1cc(F)cc(F)c1. The van der Waals surface area contributed by atoms with Crippen LogP contribution in [0.1, 0.15) is 73.5 Å². The van der Waals surface area contributed by atoms with Gasteiger partial charge in [-0.15, -0.1) is 0 Å². The summed E-state index contributed by atoms with van der Waals surface area (Å²) in [4.78, 5) is 26.9. The van der Waals surface area contributed by atoms with Gasteiger partial charge < -0.3 is 21.1 Å². The van der Waals surface area contributed by atoms with Gasteiger partial charge in [0.05, 0.1) is 11.0 Å². The van der Waals surface area contributed by atoms with E-state index in [0.717, 1.165) is 47.9 Å². The lowest BCUT2D eigenvalue weighted by atomic mass is 10.0. The van der Waals surface area contributed by atoms with Gasteiger partial charge in [-0.2, -0.15) is 0 Å². The first kappa shape index (κ1) is 38.7. The number of esters is 1. The van der Waals surface area contributed by atoms with Crippen molar-refractivity contribution in [1.82, 2.24) is 10.6 Å². The molecule has 0 aliphatic carbocycles. The van der Waals surface area contributed by atoms with Crippen molar-refractivity contribution < 1.29 is 35.9 Å². The van der Waals surface area contributed by atoms with Gasteiger partial charge in [-0.05, 0) is 72.7 Å². The summed E-state index contributed by atoms with van der Waals surface area (Å²) in [5.74, 6) is -4.94. The molecule has 262 valence electrons. The maximum absolute atomic E-state index is 14.0. The molecule has 8 nitrogen and oxygen atoms in total. The number of aryl methyl sites for hydroxylation is 1. The molecule has 0 aromatic heterocycles. The van der Waals surface area contributed by atoms with E-state index in [2.05, 4.69) is 10.6 Å². The Balaban J connectivity index is 1.90. The molecule has 0 bridgehead atoms. The summed E-state index contributed by atoms with van der Waals surface area (Å²) in [6.07, 6.45) is 1.60. The fraction of sp³-hybridized carbons (Fsp3) is 0.444. The standard InChI is InChI=1S/C36H46F3N3O5S/c1-4-9-31(10-5-2)48(45,46)23-33(42-35(43)27-13-8-14-28(37)19-27)36(44)47-34(22-41-21-25-12-7-11-24(6-3)15-25)32(40)18-26-16-29(38)20-30(39)17-26/h7-8,11-17,19-20,31-34,41H,4-6,9-10,18,21-23,40H2,1-3H3,(H,42,43)/t32-,33+,34+/m0/s1. The van der Waals surface area contributed by atoms with Crippen LogP contribution in [0.3, 0.4) is 0 Å². The molecule has 12 heteroatoms. The average molecular weight is 690 g/mol. The van der Waals surface area contributed by atoms with Gasteiger partial charge in [-0.25, -0.2) is 26.4 Å². The molecule has 4 N–H and O–H groups in total. The molecule has 0 unspecified atom stereocenters. The van der Waals surface area contributed by atoms with E-state index in [4.69, 9.17) is 10.5 Å². The van der Waals surface area contributed by atoms with Crippen molar-refractivity contribution in [3.63, 3.8) is 0 Å². The first-order valence-electron chi connectivity index (χ1n) is 16.3. The van der Waals surface area contributed by atoms with Crippen molar-refractivity contribution in [1.29, 1.82) is 0 Å². The van der Waals surface area contributed by atoms with Crippen LogP contribution in [0.15, 0.2) is 66.7 Å². The molecule has 0 spiro atoms. The fourth-order valence-corrected chi connectivity index (χ4v) is 7.66. The van der Waals surface area contributed by atoms with Crippen LogP contribution < -0.4 is 16.4 Å². The summed E-state index contributed by atoms with van der Waals surface area (Å²) in [5.41, 5.74) is 8.69. The van der Waals surface area contributed by atoms with Crippen molar-refractivity contribution in [2.45, 2.75) is 89.3 Å². The zero-order valence-electron chi connectivity index (χ0n) is 27.7. The Morgan fingerprint density at radius 1 is 0.833 bits per heavy atom. The first-order chi connectivity index (χ1) is 22.8. The van der Waals surface area contributed by atoms with Gasteiger partial charge in [0.1, 0.15) is 29.6 Å². The maximum atomic E-state index is 14.0. The van der Waals surface area contributed by atoms with Crippen LogP contribution >= 0.6 is 0 Å². The van der Waals surface area contributed by atoms with Gasteiger partial charge in [-0.3, -0.25) is 4.79 Å². The third-order valence-electron chi connectivity index (χ3n) is 8.02. The van der Waals surface area contributed by atoms with E-state index in [0.29, 0.717) is 32.2 Å². The van der Waals surface area contributed by atoms with E-state index < -0.39 is 68.4 Å². The molecule has 0 aliphatic heterocycles. The number of nitrogens with one attached hydrogen (secondary N) is 2. The Kier molecular flexibility index (Phi) is 15.1. The van der Waals surface area contributed by atoms with Crippen LogP contribution in [0, 0.1) is 17.5 Å². The summed E-state index contributed by atoms with van der Waals surface area (Å²) in [7, 11) is -3.92. The molecule has 0 fully saturated rings. The lowest BCUT2D eigenvalue weighted by molar-refractivity contribution is -0.151. The van der Waals surface area contributed by atoms with Crippen LogP contribution in [0.2, 0.25) is 0 Å². The first-order valence-corrected chi connectivity index (χ1v) is 18.0. The van der Waals surface area contributed by atoms with Crippen molar-refractivity contribution in [3.8, 4) is 0 Å². The molecule has 3 atom stereocenters. The van der Waals surface area contributed by atoms with Crippen molar-refractivity contribution in [2.24, 2.45) is 5.73 Å². The van der Waals surface area contributed by atoms with E-state index in [1.165, 1.54) is 12.1 Å². The van der Waals surface area contributed by atoms with E-state index in [1.54, 1.807) is 0 Å². The second kappa shape index (κ2) is 18.7. The lowest BCUT2D eigenvalue weighted by Crippen LogP contribution is -2.52. The van der Waals surface area contributed by atoms with Crippen LogP contribution in [-0.2, 0) is 38.8 Å². The highest BCUT2D eigenvalue weighted by Gasteiger charge is 2.35. The number of carbonyl (C=O) groups is 2. The Hall–Kier alpha value is -3.74. The number of halogens is 3. The average Bonchev–Trinajstić information content (AvgIpc) is 3.03. The zero-order valence-corrected chi connectivity index (χ0v) is 28.5. The predicted molar refractivity (Wildman–Crippen MR) is 180 cm³/mol. The Bertz CT molecular complexity index is 1600. The maximum Gasteiger partial charge on any atom is 0.330 e. The Morgan fingerprint density at radius 3 is 2.10 bits per heavy atom. The minimum absolute atomic E-state index is 0.00661.